The molecule has 3 aromatic rings. The van der Waals surface area contributed by atoms with Crippen LogP contribution in [0, 0.1) is 0 Å². The first-order valence-corrected chi connectivity index (χ1v) is 7.16. The molecule has 0 atom stereocenters. The first-order valence-electron chi connectivity index (χ1n) is 6.22. The number of thiophene rings is 1. The Morgan fingerprint density at radius 2 is 2.11 bits per heavy atom. The maximum atomic E-state index is 4.25. The molecule has 0 amide bonds. The van der Waals surface area contributed by atoms with Crippen LogP contribution in [0.1, 0.15) is 11.1 Å². The Hall–Kier alpha value is -2.07. The van der Waals surface area contributed by atoms with Crippen LogP contribution in [-0.2, 0) is 13.1 Å². The predicted octanol–water partition coefficient (Wildman–Crippen LogP) is 3.61. The van der Waals surface area contributed by atoms with Crippen molar-refractivity contribution in [3.8, 4) is 0 Å². The Morgan fingerprint density at radius 1 is 1.16 bits per heavy atom. The first kappa shape index (κ1) is 12.0. The summed E-state index contributed by atoms with van der Waals surface area (Å²) >= 11 is 1.73. The van der Waals surface area contributed by atoms with Gasteiger partial charge in [0.1, 0.15) is 0 Å². The normalized spacial score (nSPS) is 10.5. The number of benzene rings is 1. The average molecular weight is 269 g/mol. The Labute approximate surface area is 116 Å². The number of anilines is 1. The molecule has 0 saturated carbocycles. The van der Waals surface area contributed by atoms with Crippen LogP contribution in [0.25, 0.3) is 0 Å². The maximum absolute atomic E-state index is 4.25. The minimum Gasteiger partial charge on any atom is -0.381 e. The van der Waals surface area contributed by atoms with Gasteiger partial charge in [0.05, 0.1) is 6.54 Å². The van der Waals surface area contributed by atoms with E-state index in [1.807, 2.05) is 16.9 Å². The summed E-state index contributed by atoms with van der Waals surface area (Å²) in [6.07, 6.45) is 3.79. The summed E-state index contributed by atoms with van der Waals surface area (Å²) in [5.74, 6) is 0. The Bertz CT molecular complexity index is 615. The second-order valence-corrected chi connectivity index (χ2v) is 5.13. The molecule has 2 aromatic heterocycles. The van der Waals surface area contributed by atoms with Crippen molar-refractivity contribution in [2.24, 2.45) is 0 Å². The monoisotopic (exact) mass is 269 g/mol. The largest absolute Gasteiger partial charge is 0.381 e. The fraction of sp³-hybridized carbons (Fsp3) is 0.133. The first-order chi connectivity index (χ1) is 9.42. The highest BCUT2D eigenvalue weighted by atomic mass is 32.1. The molecule has 1 aromatic carbocycles. The molecule has 4 heteroatoms. The van der Waals surface area contributed by atoms with E-state index in [2.05, 4.69) is 51.5 Å². The highest BCUT2D eigenvalue weighted by Crippen LogP contribution is 2.17. The van der Waals surface area contributed by atoms with Crippen LogP contribution < -0.4 is 5.32 Å². The smallest absolute Gasteiger partial charge is 0.0679 e. The van der Waals surface area contributed by atoms with Crippen molar-refractivity contribution in [3.63, 3.8) is 0 Å². The highest BCUT2D eigenvalue weighted by molar-refractivity contribution is 7.07. The van der Waals surface area contributed by atoms with Crippen LogP contribution in [-0.4, -0.2) is 9.78 Å². The van der Waals surface area contributed by atoms with Crippen molar-refractivity contribution < 1.29 is 0 Å². The Balaban J connectivity index is 1.73. The number of para-hydroxylation sites is 1. The third-order valence-corrected chi connectivity index (χ3v) is 3.70. The van der Waals surface area contributed by atoms with Gasteiger partial charge in [0.2, 0.25) is 0 Å². The van der Waals surface area contributed by atoms with Crippen molar-refractivity contribution >= 4 is 17.0 Å². The highest BCUT2D eigenvalue weighted by Gasteiger charge is 2.02. The number of nitrogens with one attached hydrogen (secondary N) is 1. The zero-order valence-electron chi connectivity index (χ0n) is 10.5. The second-order valence-electron chi connectivity index (χ2n) is 4.35. The average Bonchev–Trinajstić information content (AvgIpc) is 3.10. The lowest BCUT2D eigenvalue weighted by molar-refractivity contribution is 0.687. The summed E-state index contributed by atoms with van der Waals surface area (Å²) in [7, 11) is 0. The quantitative estimate of drug-likeness (QED) is 0.767. The van der Waals surface area contributed by atoms with Gasteiger partial charge in [-0.3, -0.25) is 4.68 Å². The van der Waals surface area contributed by atoms with Crippen LogP contribution in [0.5, 0.6) is 0 Å². The molecular weight excluding hydrogens is 254 g/mol. The number of hydrogen-bond acceptors (Lipinski definition) is 3. The third-order valence-electron chi connectivity index (χ3n) is 2.97. The summed E-state index contributed by atoms with van der Waals surface area (Å²) in [6, 6.07) is 12.5. The summed E-state index contributed by atoms with van der Waals surface area (Å²) < 4.78 is 1.94. The van der Waals surface area contributed by atoms with E-state index in [9.17, 15) is 0 Å². The van der Waals surface area contributed by atoms with Crippen molar-refractivity contribution in [2.75, 3.05) is 5.32 Å². The van der Waals surface area contributed by atoms with Gasteiger partial charge in [-0.2, -0.15) is 16.4 Å². The van der Waals surface area contributed by atoms with Crippen LogP contribution >= 0.6 is 11.3 Å². The van der Waals surface area contributed by atoms with Crippen LogP contribution in [0.15, 0.2) is 59.6 Å². The van der Waals surface area contributed by atoms with Gasteiger partial charge in [-0.15, -0.1) is 0 Å². The van der Waals surface area contributed by atoms with Crippen LogP contribution in [0.3, 0.4) is 0 Å². The molecule has 19 heavy (non-hydrogen) atoms. The van der Waals surface area contributed by atoms with Gasteiger partial charge in [-0.05, 0) is 40.1 Å². The molecule has 0 fully saturated rings. The molecule has 1 N–H and O–H groups in total. The molecule has 3 nitrogen and oxygen atoms in total. The molecule has 0 bridgehead atoms. The van der Waals surface area contributed by atoms with E-state index in [0.717, 1.165) is 13.1 Å². The van der Waals surface area contributed by atoms with Crippen LogP contribution in [0.2, 0.25) is 0 Å². The fourth-order valence-electron chi connectivity index (χ4n) is 1.99. The number of aromatic nitrogens is 2. The minimum absolute atomic E-state index is 0.791. The zero-order chi connectivity index (χ0) is 12.9. The second kappa shape index (κ2) is 5.71. The maximum Gasteiger partial charge on any atom is 0.0679 e. The van der Waals surface area contributed by atoms with E-state index in [1.165, 1.54) is 16.8 Å². The topological polar surface area (TPSA) is 29.9 Å². The van der Waals surface area contributed by atoms with Gasteiger partial charge < -0.3 is 5.32 Å². The SMILES string of the molecule is c1ccc(NCc2ccsc2)c(Cn2cccn2)c1. The summed E-state index contributed by atoms with van der Waals surface area (Å²) in [4.78, 5) is 0. The van der Waals surface area contributed by atoms with Gasteiger partial charge in [-0.1, -0.05) is 18.2 Å². The van der Waals surface area contributed by atoms with Crippen molar-refractivity contribution in [2.45, 2.75) is 13.1 Å². The van der Waals surface area contributed by atoms with E-state index < -0.39 is 0 Å². The van der Waals surface area contributed by atoms with Crippen molar-refractivity contribution in [3.05, 3.63) is 70.7 Å². The molecule has 0 aliphatic carbocycles. The van der Waals surface area contributed by atoms with Gasteiger partial charge >= 0.3 is 0 Å². The van der Waals surface area contributed by atoms with Gasteiger partial charge in [0, 0.05) is 24.6 Å². The van der Waals surface area contributed by atoms with E-state index in [-0.39, 0.29) is 0 Å². The lowest BCUT2D eigenvalue weighted by Crippen LogP contribution is -2.05. The number of nitrogens with zero attached hydrogens (tertiary/aromatic N) is 2. The summed E-state index contributed by atoms with van der Waals surface area (Å²) in [5, 5.41) is 12.0. The zero-order valence-corrected chi connectivity index (χ0v) is 11.3. The molecule has 0 aliphatic heterocycles. The molecule has 96 valence electrons. The predicted molar refractivity (Wildman–Crippen MR) is 79.4 cm³/mol. The summed E-state index contributed by atoms with van der Waals surface area (Å²) in [6.45, 7) is 1.65. The number of hydrogen-bond donors (Lipinski definition) is 1. The van der Waals surface area contributed by atoms with E-state index >= 15 is 0 Å². The molecule has 2 heterocycles. The number of rotatable bonds is 5. The lowest BCUT2D eigenvalue weighted by Gasteiger charge is -2.11. The van der Waals surface area contributed by atoms with Gasteiger partial charge in [0.15, 0.2) is 0 Å². The van der Waals surface area contributed by atoms with Gasteiger partial charge in [0.25, 0.3) is 0 Å². The fourth-order valence-corrected chi connectivity index (χ4v) is 2.66. The molecule has 0 aliphatic rings. The Kier molecular flexibility index (Phi) is 3.61. The minimum atomic E-state index is 0.791. The molecule has 3 rings (SSSR count). The van der Waals surface area contributed by atoms with Gasteiger partial charge in [-0.25, -0.2) is 0 Å². The Morgan fingerprint density at radius 3 is 2.89 bits per heavy atom. The molecular formula is C15H15N3S. The molecule has 0 spiro atoms. The summed E-state index contributed by atoms with van der Waals surface area (Å²) in [5.41, 5.74) is 3.74. The standard InChI is InChI=1S/C15H15N3S/c1-2-5-15(16-10-13-6-9-19-12-13)14(4-1)11-18-8-3-7-17-18/h1-9,12,16H,10-11H2. The van der Waals surface area contributed by atoms with E-state index in [0.29, 0.717) is 0 Å². The van der Waals surface area contributed by atoms with Crippen molar-refractivity contribution in [1.82, 2.24) is 9.78 Å². The molecule has 0 saturated heterocycles. The lowest BCUT2D eigenvalue weighted by atomic mass is 10.1. The van der Waals surface area contributed by atoms with Crippen molar-refractivity contribution in [1.29, 1.82) is 0 Å². The molecule has 0 unspecified atom stereocenters. The van der Waals surface area contributed by atoms with E-state index in [1.54, 1.807) is 17.5 Å². The van der Waals surface area contributed by atoms with Crippen LogP contribution in [0.4, 0.5) is 5.69 Å². The third kappa shape index (κ3) is 3.03. The van der Waals surface area contributed by atoms with E-state index in [4.69, 9.17) is 0 Å². The molecule has 0 radical (unpaired) electrons.